The molecule has 1 atom stereocenters. The van der Waals surface area contributed by atoms with Gasteiger partial charge in [-0.2, -0.15) is 11.8 Å². The lowest BCUT2D eigenvalue weighted by Gasteiger charge is -2.26. The summed E-state index contributed by atoms with van der Waals surface area (Å²) < 4.78 is 0. The topological polar surface area (TPSA) is 15.3 Å². The molecular formula is C9H20N2S. The van der Waals surface area contributed by atoms with Crippen molar-refractivity contribution >= 4 is 11.8 Å². The highest BCUT2D eigenvalue weighted by atomic mass is 32.2. The van der Waals surface area contributed by atoms with E-state index in [0.29, 0.717) is 0 Å². The van der Waals surface area contributed by atoms with Gasteiger partial charge in [0.15, 0.2) is 0 Å². The van der Waals surface area contributed by atoms with Crippen LogP contribution in [0.15, 0.2) is 0 Å². The van der Waals surface area contributed by atoms with E-state index < -0.39 is 0 Å². The van der Waals surface area contributed by atoms with Crippen molar-refractivity contribution in [1.82, 2.24) is 10.2 Å². The molecule has 0 aliphatic carbocycles. The maximum Gasteiger partial charge on any atom is 0.0110 e. The number of nitrogens with zero attached hydrogens (tertiary/aromatic N) is 1. The summed E-state index contributed by atoms with van der Waals surface area (Å²) in [7, 11) is 2.03. The number of rotatable bonds is 3. The summed E-state index contributed by atoms with van der Waals surface area (Å²) in [5, 5.41) is 3.21. The summed E-state index contributed by atoms with van der Waals surface area (Å²) in [6.07, 6.45) is 1.36. The summed E-state index contributed by atoms with van der Waals surface area (Å²) in [6, 6.07) is 0.786. The Morgan fingerprint density at radius 3 is 3.08 bits per heavy atom. The second kappa shape index (κ2) is 5.84. The molecule has 0 spiro atoms. The van der Waals surface area contributed by atoms with E-state index in [9.17, 15) is 0 Å². The van der Waals surface area contributed by atoms with Gasteiger partial charge >= 0.3 is 0 Å². The molecule has 1 saturated heterocycles. The van der Waals surface area contributed by atoms with Crippen LogP contribution in [-0.4, -0.2) is 49.1 Å². The van der Waals surface area contributed by atoms with Crippen molar-refractivity contribution in [3.05, 3.63) is 0 Å². The maximum atomic E-state index is 3.21. The van der Waals surface area contributed by atoms with E-state index in [1.807, 2.05) is 7.05 Å². The van der Waals surface area contributed by atoms with E-state index in [0.717, 1.165) is 12.6 Å². The number of thioether (sulfide) groups is 1. The monoisotopic (exact) mass is 188 g/mol. The first kappa shape index (κ1) is 10.4. The van der Waals surface area contributed by atoms with E-state index >= 15 is 0 Å². The molecule has 1 fully saturated rings. The summed E-state index contributed by atoms with van der Waals surface area (Å²) in [5.74, 6) is 2.66. The molecule has 12 heavy (non-hydrogen) atoms. The van der Waals surface area contributed by atoms with Crippen LogP contribution in [0, 0.1) is 0 Å². The highest BCUT2D eigenvalue weighted by molar-refractivity contribution is 7.99. The lowest BCUT2D eigenvalue weighted by atomic mass is 10.2. The molecule has 1 rings (SSSR count). The molecule has 72 valence electrons. The Bertz CT molecular complexity index is 119. The smallest absolute Gasteiger partial charge is 0.0110 e. The zero-order valence-electron chi connectivity index (χ0n) is 8.18. The van der Waals surface area contributed by atoms with Gasteiger partial charge in [0.05, 0.1) is 0 Å². The fourth-order valence-corrected chi connectivity index (χ4v) is 2.60. The third kappa shape index (κ3) is 3.33. The van der Waals surface area contributed by atoms with Crippen molar-refractivity contribution in [2.75, 3.05) is 38.2 Å². The van der Waals surface area contributed by atoms with Crippen molar-refractivity contribution in [2.45, 2.75) is 19.4 Å². The molecule has 0 radical (unpaired) electrons. The Labute approximate surface area is 80.1 Å². The Morgan fingerprint density at radius 2 is 2.33 bits per heavy atom. The first-order chi connectivity index (χ1) is 5.84. The highest BCUT2D eigenvalue weighted by Crippen LogP contribution is 2.14. The first-order valence-corrected chi connectivity index (χ1v) is 5.96. The molecule has 1 unspecified atom stereocenters. The summed E-state index contributed by atoms with van der Waals surface area (Å²) >= 11 is 2.09. The highest BCUT2D eigenvalue weighted by Gasteiger charge is 2.15. The Balaban J connectivity index is 2.26. The SMILES string of the molecule is CNCCN1CCSCCC1C. The molecule has 2 nitrogen and oxygen atoms in total. The third-order valence-electron chi connectivity index (χ3n) is 2.48. The van der Waals surface area contributed by atoms with Crippen LogP contribution >= 0.6 is 11.8 Å². The van der Waals surface area contributed by atoms with E-state index in [1.165, 1.54) is 31.0 Å². The Kier molecular flexibility index (Phi) is 5.04. The van der Waals surface area contributed by atoms with Gasteiger partial charge in [0, 0.05) is 31.4 Å². The van der Waals surface area contributed by atoms with Gasteiger partial charge in [-0.1, -0.05) is 0 Å². The van der Waals surface area contributed by atoms with Gasteiger partial charge in [0.2, 0.25) is 0 Å². The van der Waals surface area contributed by atoms with Crippen LogP contribution in [0.1, 0.15) is 13.3 Å². The van der Waals surface area contributed by atoms with Crippen LogP contribution < -0.4 is 5.32 Å². The fraction of sp³-hybridized carbons (Fsp3) is 1.00. The summed E-state index contributed by atoms with van der Waals surface area (Å²) in [6.45, 7) is 5.95. The second-order valence-electron chi connectivity index (χ2n) is 3.39. The number of nitrogens with one attached hydrogen (secondary N) is 1. The van der Waals surface area contributed by atoms with Gasteiger partial charge in [-0.25, -0.2) is 0 Å². The van der Waals surface area contributed by atoms with Crippen molar-refractivity contribution in [3.63, 3.8) is 0 Å². The minimum Gasteiger partial charge on any atom is -0.318 e. The molecule has 1 N–H and O–H groups in total. The zero-order chi connectivity index (χ0) is 8.81. The largest absolute Gasteiger partial charge is 0.318 e. The third-order valence-corrected chi connectivity index (χ3v) is 3.47. The summed E-state index contributed by atoms with van der Waals surface area (Å²) in [5.41, 5.74) is 0. The van der Waals surface area contributed by atoms with Crippen LogP contribution in [0.25, 0.3) is 0 Å². The minimum absolute atomic E-state index is 0.786. The van der Waals surface area contributed by atoms with Crippen molar-refractivity contribution in [1.29, 1.82) is 0 Å². The minimum atomic E-state index is 0.786. The van der Waals surface area contributed by atoms with E-state index in [4.69, 9.17) is 0 Å². The molecule has 0 aromatic rings. The van der Waals surface area contributed by atoms with E-state index in [2.05, 4.69) is 28.9 Å². The number of hydrogen-bond acceptors (Lipinski definition) is 3. The molecule has 0 amide bonds. The molecule has 3 heteroatoms. The van der Waals surface area contributed by atoms with Crippen molar-refractivity contribution in [2.24, 2.45) is 0 Å². The maximum absolute atomic E-state index is 3.21. The quantitative estimate of drug-likeness (QED) is 0.712. The van der Waals surface area contributed by atoms with Crippen LogP contribution in [0.5, 0.6) is 0 Å². The van der Waals surface area contributed by atoms with Crippen molar-refractivity contribution < 1.29 is 0 Å². The Hall–Kier alpha value is 0.270. The van der Waals surface area contributed by atoms with Gasteiger partial charge in [0.1, 0.15) is 0 Å². The lowest BCUT2D eigenvalue weighted by molar-refractivity contribution is 0.223. The number of likely N-dealkylation sites (N-methyl/N-ethyl adjacent to an activating group) is 1. The van der Waals surface area contributed by atoms with E-state index in [-0.39, 0.29) is 0 Å². The lowest BCUT2D eigenvalue weighted by Crippen LogP contribution is -2.38. The average molecular weight is 188 g/mol. The predicted molar refractivity (Wildman–Crippen MR) is 56.9 cm³/mol. The molecule has 1 aliphatic rings. The standard InChI is InChI=1S/C9H20N2S/c1-9-3-7-12-8-6-11(9)5-4-10-2/h9-10H,3-8H2,1-2H3. The molecule has 1 heterocycles. The van der Waals surface area contributed by atoms with Crippen LogP contribution in [-0.2, 0) is 0 Å². The normalized spacial score (nSPS) is 27.0. The molecule has 1 aliphatic heterocycles. The molecular weight excluding hydrogens is 168 g/mol. The van der Waals surface area contributed by atoms with Crippen molar-refractivity contribution in [3.8, 4) is 0 Å². The first-order valence-electron chi connectivity index (χ1n) is 4.81. The summed E-state index contributed by atoms with van der Waals surface area (Å²) in [4.78, 5) is 2.59. The van der Waals surface area contributed by atoms with Gasteiger partial charge in [-0.05, 0) is 26.1 Å². The van der Waals surface area contributed by atoms with E-state index in [1.54, 1.807) is 0 Å². The molecule has 0 bridgehead atoms. The zero-order valence-corrected chi connectivity index (χ0v) is 8.99. The van der Waals surface area contributed by atoms with Gasteiger partial charge < -0.3 is 5.32 Å². The molecule has 0 saturated carbocycles. The number of hydrogen-bond donors (Lipinski definition) is 1. The van der Waals surface area contributed by atoms with Gasteiger partial charge in [-0.15, -0.1) is 0 Å². The Morgan fingerprint density at radius 1 is 1.50 bits per heavy atom. The van der Waals surface area contributed by atoms with Crippen LogP contribution in [0.4, 0.5) is 0 Å². The molecule has 0 aromatic heterocycles. The second-order valence-corrected chi connectivity index (χ2v) is 4.61. The van der Waals surface area contributed by atoms with Gasteiger partial charge in [0.25, 0.3) is 0 Å². The van der Waals surface area contributed by atoms with Gasteiger partial charge in [-0.3, -0.25) is 4.90 Å². The molecule has 0 aromatic carbocycles. The fourth-order valence-electron chi connectivity index (χ4n) is 1.53. The predicted octanol–water partition coefficient (Wildman–Crippen LogP) is 1.03. The van der Waals surface area contributed by atoms with Crippen LogP contribution in [0.2, 0.25) is 0 Å². The average Bonchev–Trinajstić information content (AvgIpc) is 2.27. The van der Waals surface area contributed by atoms with Crippen LogP contribution in [0.3, 0.4) is 0 Å².